The van der Waals surface area contributed by atoms with E-state index in [2.05, 4.69) is 20.5 Å². The van der Waals surface area contributed by atoms with Crippen molar-refractivity contribution in [1.29, 1.82) is 0 Å². The Hall–Kier alpha value is -3.22. The van der Waals surface area contributed by atoms with Gasteiger partial charge in [-0.25, -0.2) is 8.78 Å². The Bertz CT molecular complexity index is 1220. The number of halogens is 2. The monoisotopic (exact) mass is 365 g/mol. The van der Waals surface area contributed by atoms with Crippen LogP contribution in [0.2, 0.25) is 0 Å². The van der Waals surface area contributed by atoms with Crippen molar-refractivity contribution in [2.75, 3.05) is 5.32 Å². The number of aromatic amines is 1. The molecule has 27 heavy (non-hydrogen) atoms. The molecule has 0 spiro atoms. The lowest BCUT2D eigenvalue weighted by atomic mass is 9.96. The lowest BCUT2D eigenvalue weighted by molar-refractivity contribution is 0.517. The first-order valence-electron chi connectivity index (χ1n) is 8.68. The molecule has 5 nitrogen and oxygen atoms in total. The summed E-state index contributed by atoms with van der Waals surface area (Å²) in [7, 11) is 0. The highest BCUT2D eigenvalue weighted by molar-refractivity contribution is 5.96. The smallest absolute Gasteiger partial charge is 0.162 e. The second-order valence-electron chi connectivity index (χ2n) is 7.35. The van der Waals surface area contributed by atoms with E-state index in [1.165, 1.54) is 6.07 Å². The maximum atomic E-state index is 15.7. The Morgan fingerprint density at radius 1 is 1.11 bits per heavy atom. The summed E-state index contributed by atoms with van der Waals surface area (Å²) < 4.78 is 32.4. The van der Waals surface area contributed by atoms with Crippen molar-refractivity contribution in [2.24, 2.45) is 0 Å². The third-order valence-electron chi connectivity index (χ3n) is 5.11. The van der Waals surface area contributed by atoms with Gasteiger partial charge in [0.25, 0.3) is 0 Å². The Morgan fingerprint density at radius 2 is 1.89 bits per heavy atom. The van der Waals surface area contributed by atoms with Gasteiger partial charge < -0.3 is 10.3 Å². The van der Waals surface area contributed by atoms with Gasteiger partial charge in [-0.2, -0.15) is 0 Å². The first kappa shape index (κ1) is 16.0. The summed E-state index contributed by atoms with van der Waals surface area (Å²) in [5.74, 6) is -0.116. The molecule has 2 aromatic heterocycles. The molecule has 7 heteroatoms. The molecule has 4 aromatic rings. The summed E-state index contributed by atoms with van der Waals surface area (Å²) in [6, 6.07) is 8.79. The minimum absolute atomic E-state index is 0.0632. The van der Waals surface area contributed by atoms with Crippen LogP contribution in [0.4, 0.5) is 14.5 Å². The van der Waals surface area contributed by atoms with Crippen LogP contribution >= 0.6 is 0 Å². The molecule has 1 aliphatic rings. The zero-order chi connectivity index (χ0) is 18.9. The van der Waals surface area contributed by atoms with Crippen molar-refractivity contribution >= 4 is 16.6 Å². The van der Waals surface area contributed by atoms with E-state index in [1.54, 1.807) is 17.7 Å². The third-order valence-corrected chi connectivity index (χ3v) is 5.11. The van der Waals surface area contributed by atoms with Gasteiger partial charge in [0.15, 0.2) is 11.6 Å². The van der Waals surface area contributed by atoms with Gasteiger partial charge in [0.2, 0.25) is 0 Å². The van der Waals surface area contributed by atoms with Gasteiger partial charge in [0, 0.05) is 28.7 Å². The molecule has 5 rings (SSSR count). The second-order valence-corrected chi connectivity index (χ2v) is 7.35. The molecular formula is C20H17F2N5. The van der Waals surface area contributed by atoms with E-state index in [0.29, 0.717) is 22.9 Å². The summed E-state index contributed by atoms with van der Waals surface area (Å²) in [6.07, 6.45) is 1.64. The van der Waals surface area contributed by atoms with E-state index >= 15 is 8.78 Å². The number of nitrogens with one attached hydrogen (secondary N) is 2. The van der Waals surface area contributed by atoms with Gasteiger partial charge in [-0.05, 0) is 26.8 Å². The third kappa shape index (κ3) is 2.08. The molecule has 0 atom stereocenters. The molecule has 0 radical (unpaired) electrons. The van der Waals surface area contributed by atoms with E-state index in [0.717, 1.165) is 10.9 Å². The molecule has 0 saturated carbocycles. The average Bonchev–Trinajstić information content (AvgIpc) is 3.20. The number of benzene rings is 2. The Balaban J connectivity index is 1.85. The van der Waals surface area contributed by atoms with Crippen LogP contribution < -0.4 is 5.32 Å². The Labute approximate surface area is 154 Å². The molecule has 0 fully saturated rings. The minimum Gasteiger partial charge on any atom is -0.371 e. The SMILES string of the molecule is Cc1nnc2n1-c1c(cc(F)c(-c3c[nH]c4ccccc34)c1F)NC2(C)C. The van der Waals surface area contributed by atoms with Crippen molar-refractivity contribution in [3.8, 4) is 16.8 Å². The standard InChI is InChI=1S/C20H17F2N5/c1-10-25-26-19-20(2,3)24-15-8-13(21)16(17(22)18(15)27(10)19)12-9-23-14-7-5-4-6-11(12)14/h4-9,23-24H,1-3H3. The summed E-state index contributed by atoms with van der Waals surface area (Å²) in [6.45, 7) is 5.56. The number of aromatic nitrogens is 4. The van der Waals surface area contributed by atoms with Crippen LogP contribution in [0.3, 0.4) is 0 Å². The fraction of sp³-hybridized carbons (Fsp3) is 0.200. The topological polar surface area (TPSA) is 58.5 Å². The second kappa shape index (κ2) is 5.16. The number of rotatable bonds is 1. The molecule has 1 aliphatic heterocycles. The molecule has 0 amide bonds. The lowest BCUT2D eigenvalue weighted by Crippen LogP contribution is -2.36. The van der Waals surface area contributed by atoms with Crippen molar-refractivity contribution in [1.82, 2.24) is 19.7 Å². The number of aryl methyl sites for hydroxylation is 1. The summed E-state index contributed by atoms with van der Waals surface area (Å²) in [5, 5.41) is 12.3. The van der Waals surface area contributed by atoms with E-state index in [1.807, 2.05) is 38.1 Å². The van der Waals surface area contributed by atoms with E-state index < -0.39 is 17.2 Å². The van der Waals surface area contributed by atoms with Crippen LogP contribution in [0.25, 0.3) is 27.7 Å². The maximum Gasteiger partial charge on any atom is 0.162 e. The Kier molecular flexibility index (Phi) is 3.05. The van der Waals surface area contributed by atoms with Crippen LogP contribution in [0, 0.1) is 18.6 Å². The molecular weight excluding hydrogens is 348 g/mol. The number of para-hydroxylation sites is 1. The molecule has 0 unspecified atom stereocenters. The average molecular weight is 365 g/mol. The van der Waals surface area contributed by atoms with Crippen LogP contribution in [0.1, 0.15) is 25.5 Å². The van der Waals surface area contributed by atoms with Gasteiger partial charge in [-0.3, -0.25) is 4.57 Å². The molecule has 136 valence electrons. The van der Waals surface area contributed by atoms with Gasteiger partial charge in [0.1, 0.15) is 17.3 Å². The van der Waals surface area contributed by atoms with Crippen LogP contribution in [0.15, 0.2) is 36.5 Å². The van der Waals surface area contributed by atoms with Crippen molar-refractivity contribution in [3.63, 3.8) is 0 Å². The maximum absolute atomic E-state index is 15.7. The fourth-order valence-electron chi connectivity index (χ4n) is 3.88. The first-order chi connectivity index (χ1) is 12.9. The number of hydrogen-bond acceptors (Lipinski definition) is 3. The van der Waals surface area contributed by atoms with Crippen molar-refractivity contribution in [2.45, 2.75) is 26.3 Å². The van der Waals surface area contributed by atoms with E-state index in [9.17, 15) is 0 Å². The molecule has 3 heterocycles. The number of H-pyrrole nitrogens is 1. The van der Waals surface area contributed by atoms with Gasteiger partial charge in [-0.1, -0.05) is 18.2 Å². The lowest BCUT2D eigenvalue weighted by Gasteiger charge is -2.34. The fourth-order valence-corrected chi connectivity index (χ4v) is 3.88. The molecule has 0 saturated heterocycles. The van der Waals surface area contributed by atoms with E-state index in [-0.39, 0.29) is 11.3 Å². The van der Waals surface area contributed by atoms with Crippen LogP contribution in [-0.2, 0) is 5.54 Å². The first-order valence-corrected chi connectivity index (χ1v) is 8.68. The number of anilines is 1. The van der Waals surface area contributed by atoms with Crippen molar-refractivity contribution < 1.29 is 8.78 Å². The van der Waals surface area contributed by atoms with Crippen LogP contribution in [0.5, 0.6) is 0 Å². The highest BCUT2D eigenvalue weighted by Gasteiger charge is 2.37. The Morgan fingerprint density at radius 3 is 2.70 bits per heavy atom. The molecule has 2 N–H and O–H groups in total. The van der Waals surface area contributed by atoms with Crippen molar-refractivity contribution in [3.05, 3.63) is 59.8 Å². The molecule has 0 bridgehead atoms. The van der Waals surface area contributed by atoms with Gasteiger partial charge >= 0.3 is 0 Å². The number of hydrogen-bond donors (Lipinski definition) is 2. The zero-order valence-corrected chi connectivity index (χ0v) is 15.1. The molecule has 2 aromatic carbocycles. The molecule has 0 aliphatic carbocycles. The number of nitrogens with zero attached hydrogens (tertiary/aromatic N) is 3. The highest BCUT2D eigenvalue weighted by atomic mass is 19.1. The normalized spacial score (nSPS) is 14.7. The largest absolute Gasteiger partial charge is 0.371 e. The van der Waals surface area contributed by atoms with Gasteiger partial charge in [0.05, 0.1) is 16.8 Å². The number of fused-ring (bicyclic) bond motifs is 4. The predicted octanol–water partition coefficient (Wildman–Crippen LogP) is 4.66. The quantitative estimate of drug-likeness (QED) is 0.516. The van der Waals surface area contributed by atoms with Gasteiger partial charge in [-0.15, -0.1) is 10.2 Å². The zero-order valence-electron chi connectivity index (χ0n) is 15.1. The predicted molar refractivity (Wildman–Crippen MR) is 100.0 cm³/mol. The summed E-state index contributed by atoms with van der Waals surface area (Å²) in [4.78, 5) is 3.08. The van der Waals surface area contributed by atoms with Crippen LogP contribution in [-0.4, -0.2) is 19.7 Å². The van der Waals surface area contributed by atoms with E-state index in [4.69, 9.17) is 0 Å². The minimum atomic E-state index is -0.637. The summed E-state index contributed by atoms with van der Waals surface area (Å²) >= 11 is 0. The highest BCUT2D eigenvalue weighted by Crippen LogP contribution is 2.43. The summed E-state index contributed by atoms with van der Waals surface area (Å²) in [5.41, 5.74) is 1.27.